The first-order valence-corrected chi connectivity index (χ1v) is 6.56. The van der Waals surface area contributed by atoms with Crippen LogP contribution in [0.2, 0.25) is 0 Å². The van der Waals surface area contributed by atoms with Gasteiger partial charge in [0.2, 0.25) is 0 Å². The fourth-order valence-corrected chi connectivity index (χ4v) is 1.94. The van der Waals surface area contributed by atoms with Crippen LogP contribution in [-0.2, 0) is 6.54 Å². The smallest absolute Gasteiger partial charge is 0.179 e. The van der Waals surface area contributed by atoms with E-state index in [2.05, 4.69) is 10.3 Å². The highest BCUT2D eigenvalue weighted by molar-refractivity contribution is 5.99. The molecule has 1 atom stereocenters. The number of nitrogens with zero attached hydrogens (tertiary/aromatic N) is 2. The van der Waals surface area contributed by atoms with Crippen LogP contribution < -0.4 is 5.32 Å². The number of ketones is 1. The van der Waals surface area contributed by atoms with Gasteiger partial charge in [0.1, 0.15) is 0 Å². The first-order valence-electron chi connectivity index (χ1n) is 6.56. The van der Waals surface area contributed by atoms with Crippen molar-refractivity contribution in [3.05, 3.63) is 54.6 Å². The molecule has 0 bridgehead atoms. The van der Waals surface area contributed by atoms with Crippen LogP contribution in [0.4, 0.5) is 0 Å². The van der Waals surface area contributed by atoms with Gasteiger partial charge in [0.15, 0.2) is 5.78 Å². The minimum atomic E-state index is -0.148. The Labute approximate surface area is 113 Å². The molecule has 0 radical (unpaired) electrons. The summed E-state index contributed by atoms with van der Waals surface area (Å²) in [5, 5.41) is 3.26. The largest absolute Gasteiger partial charge is 0.337 e. The molecule has 2 rings (SSSR count). The number of Topliss-reactive ketones (excluding diaryl/α,β-unsaturated/α-hetero) is 1. The highest BCUT2D eigenvalue weighted by Crippen LogP contribution is 2.03. The lowest BCUT2D eigenvalue weighted by Crippen LogP contribution is -2.34. The summed E-state index contributed by atoms with van der Waals surface area (Å²) in [7, 11) is 0. The van der Waals surface area contributed by atoms with Gasteiger partial charge in [-0.3, -0.25) is 4.79 Å². The molecule has 1 unspecified atom stereocenters. The zero-order valence-electron chi connectivity index (χ0n) is 11.1. The molecule has 0 fully saturated rings. The molecule has 0 amide bonds. The molecule has 1 N–H and O–H groups in total. The third-order valence-electron chi connectivity index (χ3n) is 3.05. The monoisotopic (exact) mass is 257 g/mol. The van der Waals surface area contributed by atoms with Crippen LogP contribution in [-0.4, -0.2) is 27.9 Å². The maximum Gasteiger partial charge on any atom is 0.179 e. The number of carbonyl (C=O) groups excluding carboxylic acids is 1. The average Bonchev–Trinajstić information content (AvgIpc) is 2.96. The predicted molar refractivity (Wildman–Crippen MR) is 75.1 cm³/mol. The molecule has 100 valence electrons. The van der Waals surface area contributed by atoms with E-state index in [-0.39, 0.29) is 11.8 Å². The van der Waals surface area contributed by atoms with Gasteiger partial charge in [-0.2, -0.15) is 0 Å². The standard InChI is InChI=1S/C15H19N3O/c1-13(15(19)14-6-3-2-4-7-14)17-8-5-10-18-11-9-16-12-18/h2-4,6-7,9,11-13,17H,5,8,10H2,1H3. The summed E-state index contributed by atoms with van der Waals surface area (Å²) in [6, 6.07) is 9.25. The minimum Gasteiger partial charge on any atom is -0.337 e. The lowest BCUT2D eigenvalue weighted by atomic mass is 10.1. The molecule has 4 nitrogen and oxygen atoms in total. The molecule has 1 heterocycles. The molecular formula is C15H19N3O. The Bertz CT molecular complexity index is 493. The van der Waals surface area contributed by atoms with E-state index >= 15 is 0 Å². The van der Waals surface area contributed by atoms with E-state index in [1.54, 1.807) is 12.5 Å². The summed E-state index contributed by atoms with van der Waals surface area (Å²) < 4.78 is 2.03. The first-order chi connectivity index (χ1) is 9.27. The topological polar surface area (TPSA) is 46.9 Å². The van der Waals surface area contributed by atoms with Crippen LogP contribution in [0.25, 0.3) is 0 Å². The van der Waals surface area contributed by atoms with E-state index < -0.39 is 0 Å². The second-order valence-electron chi connectivity index (χ2n) is 4.56. The maximum atomic E-state index is 12.1. The molecule has 4 heteroatoms. The third kappa shape index (κ3) is 4.03. The Morgan fingerprint density at radius 3 is 2.84 bits per heavy atom. The zero-order chi connectivity index (χ0) is 13.5. The van der Waals surface area contributed by atoms with Crippen molar-refractivity contribution in [2.75, 3.05) is 6.54 Å². The number of hydrogen-bond donors (Lipinski definition) is 1. The van der Waals surface area contributed by atoms with Crippen molar-refractivity contribution in [1.29, 1.82) is 0 Å². The molecule has 0 saturated heterocycles. The van der Waals surface area contributed by atoms with E-state index in [1.807, 2.05) is 48.0 Å². The van der Waals surface area contributed by atoms with Gasteiger partial charge in [0.05, 0.1) is 12.4 Å². The second-order valence-corrected chi connectivity index (χ2v) is 4.56. The van der Waals surface area contributed by atoms with Crippen molar-refractivity contribution >= 4 is 5.78 Å². The van der Waals surface area contributed by atoms with Crippen LogP contribution in [0.1, 0.15) is 23.7 Å². The van der Waals surface area contributed by atoms with Crippen LogP contribution >= 0.6 is 0 Å². The van der Waals surface area contributed by atoms with E-state index in [0.29, 0.717) is 0 Å². The van der Waals surface area contributed by atoms with Gasteiger partial charge in [-0.05, 0) is 19.9 Å². The fourth-order valence-electron chi connectivity index (χ4n) is 1.94. The van der Waals surface area contributed by atoms with Gasteiger partial charge in [-0.15, -0.1) is 0 Å². The van der Waals surface area contributed by atoms with Crippen LogP contribution in [0.5, 0.6) is 0 Å². The van der Waals surface area contributed by atoms with Gasteiger partial charge in [-0.1, -0.05) is 30.3 Å². The average molecular weight is 257 g/mol. The maximum absolute atomic E-state index is 12.1. The quantitative estimate of drug-likeness (QED) is 0.610. The summed E-state index contributed by atoms with van der Waals surface area (Å²) in [5.41, 5.74) is 0.761. The summed E-state index contributed by atoms with van der Waals surface area (Å²) in [4.78, 5) is 16.1. The Morgan fingerprint density at radius 2 is 2.16 bits per heavy atom. The number of nitrogens with one attached hydrogen (secondary N) is 1. The number of carbonyl (C=O) groups is 1. The van der Waals surface area contributed by atoms with Crippen molar-refractivity contribution in [1.82, 2.24) is 14.9 Å². The van der Waals surface area contributed by atoms with Gasteiger partial charge in [-0.25, -0.2) is 4.98 Å². The molecule has 1 aromatic heterocycles. The zero-order valence-corrected chi connectivity index (χ0v) is 11.1. The third-order valence-corrected chi connectivity index (χ3v) is 3.05. The van der Waals surface area contributed by atoms with E-state index in [4.69, 9.17) is 0 Å². The molecule has 1 aromatic carbocycles. The van der Waals surface area contributed by atoms with Crippen LogP contribution in [0.15, 0.2) is 49.1 Å². The fraction of sp³-hybridized carbons (Fsp3) is 0.333. The number of aromatic nitrogens is 2. The lowest BCUT2D eigenvalue weighted by Gasteiger charge is -2.12. The summed E-state index contributed by atoms with van der Waals surface area (Å²) in [6.45, 7) is 3.64. The predicted octanol–water partition coefficient (Wildman–Crippen LogP) is 2.13. The number of aryl methyl sites for hydroxylation is 1. The lowest BCUT2D eigenvalue weighted by molar-refractivity contribution is 0.0951. The van der Waals surface area contributed by atoms with E-state index in [1.165, 1.54) is 0 Å². The normalized spacial score (nSPS) is 12.3. The SMILES string of the molecule is CC(NCCCn1ccnc1)C(=O)c1ccccc1. The molecule has 0 aliphatic rings. The van der Waals surface area contributed by atoms with Crippen LogP contribution in [0, 0.1) is 0 Å². The molecule has 19 heavy (non-hydrogen) atoms. The van der Waals surface area contributed by atoms with Crippen molar-refractivity contribution in [2.24, 2.45) is 0 Å². The van der Waals surface area contributed by atoms with Crippen molar-refractivity contribution < 1.29 is 4.79 Å². The number of rotatable bonds is 7. The van der Waals surface area contributed by atoms with Gasteiger partial charge < -0.3 is 9.88 Å². The Morgan fingerprint density at radius 1 is 1.37 bits per heavy atom. The molecule has 0 saturated carbocycles. The molecule has 0 aliphatic carbocycles. The first kappa shape index (κ1) is 13.5. The molecule has 0 aliphatic heterocycles. The molecule has 2 aromatic rings. The summed E-state index contributed by atoms with van der Waals surface area (Å²) in [5.74, 6) is 0.142. The van der Waals surface area contributed by atoms with Crippen molar-refractivity contribution in [3.63, 3.8) is 0 Å². The summed E-state index contributed by atoms with van der Waals surface area (Å²) in [6.07, 6.45) is 6.49. The Kier molecular flexibility index (Phi) is 4.86. The highest BCUT2D eigenvalue weighted by atomic mass is 16.1. The van der Waals surface area contributed by atoms with Gasteiger partial charge in [0.25, 0.3) is 0 Å². The Balaban J connectivity index is 1.72. The minimum absolute atomic E-state index is 0.142. The second kappa shape index (κ2) is 6.85. The van der Waals surface area contributed by atoms with Gasteiger partial charge >= 0.3 is 0 Å². The Hall–Kier alpha value is -1.94. The van der Waals surface area contributed by atoms with Crippen LogP contribution in [0.3, 0.4) is 0 Å². The van der Waals surface area contributed by atoms with Crippen molar-refractivity contribution in [2.45, 2.75) is 25.9 Å². The highest BCUT2D eigenvalue weighted by Gasteiger charge is 2.13. The summed E-state index contributed by atoms with van der Waals surface area (Å²) >= 11 is 0. The number of benzene rings is 1. The van der Waals surface area contributed by atoms with Crippen molar-refractivity contribution in [3.8, 4) is 0 Å². The van der Waals surface area contributed by atoms with E-state index in [9.17, 15) is 4.79 Å². The number of hydrogen-bond acceptors (Lipinski definition) is 3. The van der Waals surface area contributed by atoms with Gasteiger partial charge in [0, 0.05) is 24.5 Å². The molecular weight excluding hydrogens is 238 g/mol. The van der Waals surface area contributed by atoms with E-state index in [0.717, 1.165) is 25.1 Å². The molecule has 0 spiro atoms. The number of imidazole rings is 1.